The van der Waals surface area contributed by atoms with Crippen molar-refractivity contribution in [2.24, 2.45) is 5.10 Å². The second-order valence-corrected chi connectivity index (χ2v) is 5.14. The smallest absolute Gasteiger partial charge is 0.405 e. The van der Waals surface area contributed by atoms with E-state index in [1.807, 2.05) is 30.3 Å². The van der Waals surface area contributed by atoms with E-state index in [4.69, 9.17) is 5.11 Å². The van der Waals surface area contributed by atoms with E-state index in [1.165, 1.54) is 5.01 Å². The van der Waals surface area contributed by atoms with E-state index in [9.17, 15) is 9.59 Å². The second-order valence-electron chi connectivity index (χ2n) is 5.14. The van der Waals surface area contributed by atoms with Crippen molar-refractivity contribution < 1.29 is 14.7 Å². The number of benzene rings is 1. The number of hydrogen-bond donors (Lipinski definition) is 2. The zero-order valence-electron chi connectivity index (χ0n) is 11.3. The molecule has 0 aliphatic carbocycles. The lowest BCUT2D eigenvalue weighted by molar-refractivity contribution is 0.0945. The summed E-state index contributed by atoms with van der Waals surface area (Å²) in [6.45, 7) is 0.775. The number of carboxylic acid groups (broad SMARTS) is 1. The molecule has 3 rings (SSSR count). The van der Waals surface area contributed by atoms with Crippen LogP contribution in [0, 0.1) is 0 Å². The molecule has 7 heteroatoms. The van der Waals surface area contributed by atoms with Crippen LogP contribution < -0.4 is 5.32 Å². The van der Waals surface area contributed by atoms with Gasteiger partial charge in [0.25, 0.3) is 0 Å². The maximum Gasteiger partial charge on any atom is 0.405 e. The van der Waals surface area contributed by atoms with Gasteiger partial charge in [-0.2, -0.15) is 5.10 Å². The van der Waals surface area contributed by atoms with Gasteiger partial charge in [-0.3, -0.25) is 0 Å². The molecule has 1 aromatic carbocycles. The SMILES string of the molecule is O=C(O)NC1CN(C(=O)N2N=CCC2c2ccccc2)C1. The molecule has 0 saturated carbocycles. The number of carbonyl (C=O) groups excluding carboxylic acids is 1. The molecule has 2 aliphatic heterocycles. The fourth-order valence-electron chi connectivity index (χ4n) is 2.60. The summed E-state index contributed by atoms with van der Waals surface area (Å²) in [5.41, 5.74) is 1.05. The summed E-state index contributed by atoms with van der Waals surface area (Å²) in [5.74, 6) is 0. The number of amides is 3. The zero-order chi connectivity index (χ0) is 14.8. The van der Waals surface area contributed by atoms with Crippen molar-refractivity contribution in [1.29, 1.82) is 0 Å². The first-order chi connectivity index (χ1) is 10.1. The summed E-state index contributed by atoms with van der Waals surface area (Å²) in [4.78, 5) is 24.5. The number of urea groups is 1. The Bertz CT molecular complexity index is 569. The van der Waals surface area contributed by atoms with Gasteiger partial charge in [-0.05, 0) is 5.56 Å². The van der Waals surface area contributed by atoms with Crippen molar-refractivity contribution in [3.63, 3.8) is 0 Å². The van der Waals surface area contributed by atoms with Crippen LogP contribution in [0.1, 0.15) is 18.0 Å². The van der Waals surface area contributed by atoms with Gasteiger partial charge in [0.1, 0.15) is 0 Å². The third-order valence-corrected chi connectivity index (χ3v) is 3.69. The predicted molar refractivity (Wildman–Crippen MR) is 76.0 cm³/mol. The Balaban J connectivity index is 1.62. The van der Waals surface area contributed by atoms with Crippen molar-refractivity contribution in [3.05, 3.63) is 35.9 Å². The molecule has 7 nitrogen and oxygen atoms in total. The maximum absolute atomic E-state index is 12.4. The molecular formula is C14H16N4O3. The van der Waals surface area contributed by atoms with Gasteiger partial charge in [0, 0.05) is 25.7 Å². The van der Waals surface area contributed by atoms with Gasteiger partial charge >= 0.3 is 12.1 Å². The normalized spacial score (nSPS) is 21.2. The molecule has 0 bridgehead atoms. The van der Waals surface area contributed by atoms with Gasteiger partial charge < -0.3 is 15.3 Å². The van der Waals surface area contributed by atoms with Crippen LogP contribution in [0.5, 0.6) is 0 Å². The molecular weight excluding hydrogens is 272 g/mol. The first-order valence-electron chi connectivity index (χ1n) is 6.80. The summed E-state index contributed by atoms with van der Waals surface area (Å²) in [6, 6.07) is 9.32. The average molecular weight is 288 g/mol. The Hall–Kier alpha value is -2.57. The van der Waals surface area contributed by atoms with Crippen molar-refractivity contribution in [2.45, 2.75) is 18.5 Å². The second kappa shape index (κ2) is 5.43. The van der Waals surface area contributed by atoms with Crippen molar-refractivity contribution in [1.82, 2.24) is 15.2 Å². The first kappa shape index (κ1) is 13.4. The summed E-state index contributed by atoms with van der Waals surface area (Å²) >= 11 is 0. The molecule has 1 fully saturated rings. The van der Waals surface area contributed by atoms with Gasteiger partial charge in [-0.15, -0.1) is 0 Å². The highest BCUT2D eigenvalue weighted by molar-refractivity contribution is 5.79. The fraction of sp³-hybridized carbons (Fsp3) is 0.357. The molecule has 0 radical (unpaired) electrons. The Morgan fingerprint density at radius 1 is 1.24 bits per heavy atom. The Kier molecular flexibility index (Phi) is 3.47. The highest BCUT2D eigenvalue weighted by Crippen LogP contribution is 2.29. The highest BCUT2D eigenvalue weighted by atomic mass is 16.4. The highest BCUT2D eigenvalue weighted by Gasteiger charge is 2.38. The predicted octanol–water partition coefficient (Wildman–Crippen LogP) is 1.49. The number of hydrazone groups is 1. The van der Waals surface area contributed by atoms with Crippen LogP contribution in [0.4, 0.5) is 9.59 Å². The molecule has 21 heavy (non-hydrogen) atoms. The monoisotopic (exact) mass is 288 g/mol. The van der Waals surface area contributed by atoms with Crippen LogP contribution in [-0.2, 0) is 0 Å². The molecule has 1 saturated heterocycles. The lowest BCUT2D eigenvalue weighted by atomic mass is 10.0. The number of carbonyl (C=O) groups is 2. The summed E-state index contributed by atoms with van der Waals surface area (Å²) < 4.78 is 0. The molecule has 1 unspecified atom stereocenters. The van der Waals surface area contributed by atoms with Crippen LogP contribution in [-0.4, -0.2) is 52.5 Å². The van der Waals surface area contributed by atoms with Crippen LogP contribution in [0.15, 0.2) is 35.4 Å². The molecule has 2 heterocycles. The lowest BCUT2D eigenvalue weighted by Gasteiger charge is -2.41. The van der Waals surface area contributed by atoms with Gasteiger partial charge in [-0.1, -0.05) is 30.3 Å². The topological polar surface area (TPSA) is 85.2 Å². The van der Waals surface area contributed by atoms with Gasteiger partial charge in [0.15, 0.2) is 0 Å². The van der Waals surface area contributed by atoms with Crippen LogP contribution in [0.25, 0.3) is 0 Å². The van der Waals surface area contributed by atoms with Crippen molar-refractivity contribution in [2.75, 3.05) is 13.1 Å². The minimum Gasteiger partial charge on any atom is -0.465 e. The molecule has 3 amide bonds. The summed E-state index contributed by atoms with van der Waals surface area (Å²) in [6.07, 6.45) is 1.37. The van der Waals surface area contributed by atoms with Crippen LogP contribution >= 0.6 is 0 Å². The molecule has 1 atom stereocenters. The third-order valence-electron chi connectivity index (χ3n) is 3.69. The summed E-state index contributed by atoms with van der Waals surface area (Å²) in [7, 11) is 0. The van der Waals surface area contributed by atoms with Gasteiger partial charge in [0.2, 0.25) is 0 Å². The van der Waals surface area contributed by atoms with E-state index in [0.29, 0.717) is 19.5 Å². The van der Waals surface area contributed by atoms with Crippen molar-refractivity contribution >= 4 is 18.3 Å². The number of likely N-dealkylation sites (tertiary alicyclic amines) is 1. The quantitative estimate of drug-likeness (QED) is 0.864. The summed E-state index contributed by atoms with van der Waals surface area (Å²) in [5, 5.41) is 16.6. The third kappa shape index (κ3) is 2.67. The van der Waals surface area contributed by atoms with E-state index >= 15 is 0 Å². The van der Waals surface area contributed by atoms with Crippen LogP contribution in [0.2, 0.25) is 0 Å². The number of hydrogen-bond acceptors (Lipinski definition) is 3. The van der Waals surface area contributed by atoms with E-state index in [1.54, 1.807) is 11.1 Å². The Morgan fingerprint density at radius 3 is 2.62 bits per heavy atom. The van der Waals surface area contributed by atoms with E-state index < -0.39 is 6.09 Å². The van der Waals surface area contributed by atoms with Crippen molar-refractivity contribution in [3.8, 4) is 0 Å². The number of nitrogens with zero attached hydrogens (tertiary/aromatic N) is 3. The molecule has 0 aromatic heterocycles. The molecule has 0 spiro atoms. The molecule has 110 valence electrons. The number of rotatable bonds is 2. The van der Waals surface area contributed by atoms with E-state index in [0.717, 1.165) is 5.56 Å². The minimum atomic E-state index is -1.06. The largest absolute Gasteiger partial charge is 0.465 e. The maximum atomic E-state index is 12.4. The minimum absolute atomic E-state index is 0.0785. The zero-order valence-corrected chi connectivity index (χ0v) is 11.3. The fourth-order valence-corrected chi connectivity index (χ4v) is 2.60. The Morgan fingerprint density at radius 2 is 1.95 bits per heavy atom. The van der Waals surface area contributed by atoms with Crippen LogP contribution in [0.3, 0.4) is 0 Å². The Labute approximate surface area is 121 Å². The van der Waals surface area contributed by atoms with E-state index in [2.05, 4.69) is 10.4 Å². The van der Waals surface area contributed by atoms with Gasteiger partial charge in [0.05, 0.1) is 12.1 Å². The van der Waals surface area contributed by atoms with Gasteiger partial charge in [-0.25, -0.2) is 14.6 Å². The standard InChI is InChI=1S/C14H16N4O3/c19-13(20)16-11-8-17(9-11)14(21)18-12(6-7-15-18)10-4-2-1-3-5-10/h1-5,7,11-12,16H,6,8-9H2,(H,19,20). The molecule has 2 N–H and O–H groups in total. The lowest BCUT2D eigenvalue weighted by Crippen LogP contribution is -2.62. The first-order valence-corrected chi connectivity index (χ1v) is 6.80. The molecule has 1 aromatic rings. The average Bonchev–Trinajstić information content (AvgIpc) is 2.92. The molecule has 2 aliphatic rings. The number of nitrogens with one attached hydrogen (secondary N) is 1. The van der Waals surface area contributed by atoms with E-state index in [-0.39, 0.29) is 18.1 Å².